The van der Waals surface area contributed by atoms with Crippen LogP contribution in [0, 0.1) is 13.8 Å². The molecular formula is C19H17ClN2O2S2. The first-order valence-corrected chi connectivity index (χ1v) is 9.45. The number of thiophene rings is 1. The summed E-state index contributed by atoms with van der Waals surface area (Å²) in [6.07, 6.45) is 0. The van der Waals surface area contributed by atoms with Crippen molar-refractivity contribution in [2.75, 3.05) is 17.7 Å². The van der Waals surface area contributed by atoms with E-state index in [4.69, 9.17) is 28.6 Å². The number of nitrogens with one attached hydrogen (secondary N) is 2. The maximum absolute atomic E-state index is 11.8. The third-order valence-corrected chi connectivity index (χ3v) is 5.74. The summed E-state index contributed by atoms with van der Waals surface area (Å²) in [5, 5.41) is 8.11. The molecule has 0 unspecified atom stereocenters. The van der Waals surface area contributed by atoms with E-state index in [9.17, 15) is 4.79 Å². The average Bonchev–Trinajstić information content (AvgIpc) is 2.93. The largest absolute Gasteiger partial charge is 0.465 e. The SMILES string of the molecule is COC(=O)c1sc2cc(NC(=S)Nc3cc(C)ccc3C)ccc2c1Cl. The molecule has 0 radical (unpaired) electrons. The van der Waals surface area contributed by atoms with E-state index < -0.39 is 5.97 Å². The molecular weight excluding hydrogens is 388 g/mol. The molecule has 0 bridgehead atoms. The van der Waals surface area contributed by atoms with Gasteiger partial charge in [-0.2, -0.15) is 0 Å². The van der Waals surface area contributed by atoms with Crippen molar-refractivity contribution in [1.82, 2.24) is 0 Å². The predicted octanol–water partition coefficient (Wildman–Crippen LogP) is 5.77. The molecule has 134 valence electrons. The second kappa shape index (κ2) is 7.61. The lowest BCUT2D eigenvalue weighted by atomic mass is 10.1. The molecule has 1 aromatic heterocycles. The number of benzene rings is 2. The minimum absolute atomic E-state index is 0.400. The number of fused-ring (bicyclic) bond motifs is 1. The van der Waals surface area contributed by atoms with Gasteiger partial charge >= 0.3 is 5.97 Å². The van der Waals surface area contributed by atoms with Gasteiger partial charge in [-0.1, -0.05) is 23.7 Å². The maximum atomic E-state index is 11.8. The smallest absolute Gasteiger partial charge is 0.349 e. The number of esters is 1. The van der Waals surface area contributed by atoms with Gasteiger partial charge < -0.3 is 15.4 Å². The molecule has 2 N–H and O–H groups in total. The minimum Gasteiger partial charge on any atom is -0.465 e. The molecule has 0 spiro atoms. The van der Waals surface area contributed by atoms with Gasteiger partial charge in [-0.15, -0.1) is 11.3 Å². The Bertz CT molecular complexity index is 1010. The van der Waals surface area contributed by atoms with Crippen LogP contribution in [0.25, 0.3) is 10.1 Å². The molecule has 26 heavy (non-hydrogen) atoms. The van der Waals surface area contributed by atoms with Gasteiger partial charge in [0.25, 0.3) is 0 Å². The first-order chi connectivity index (χ1) is 12.4. The lowest BCUT2D eigenvalue weighted by molar-refractivity contribution is 0.0606. The van der Waals surface area contributed by atoms with Gasteiger partial charge in [0, 0.05) is 21.5 Å². The highest BCUT2D eigenvalue weighted by molar-refractivity contribution is 7.80. The lowest BCUT2D eigenvalue weighted by Gasteiger charge is -2.13. The summed E-state index contributed by atoms with van der Waals surface area (Å²) in [6.45, 7) is 4.06. The van der Waals surface area contributed by atoms with Crippen molar-refractivity contribution in [1.29, 1.82) is 0 Å². The maximum Gasteiger partial charge on any atom is 0.349 e. The number of carbonyl (C=O) groups is 1. The van der Waals surface area contributed by atoms with Crippen molar-refractivity contribution >= 4 is 67.7 Å². The quantitative estimate of drug-likeness (QED) is 0.429. The van der Waals surface area contributed by atoms with Gasteiger partial charge in [0.05, 0.1) is 12.1 Å². The number of methoxy groups -OCH3 is 1. The molecule has 0 saturated heterocycles. The number of carbonyl (C=O) groups excluding carboxylic acids is 1. The molecule has 0 saturated carbocycles. The summed E-state index contributed by atoms with van der Waals surface area (Å²) >= 11 is 13.0. The number of aryl methyl sites for hydroxylation is 2. The third kappa shape index (κ3) is 3.82. The summed E-state index contributed by atoms with van der Waals surface area (Å²) in [5.41, 5.74) is 4.05. The first kappa shape index (κ1) is 18.6. The molecule has 7 heteroatoms. The zero-order valence-corrected chi connectivity index (χ0v) is 16.9. The molecule has 0 aliphatic rings. The predicted molar refractivity (Wildman–Crippen MR) is 114 cm³/mol. The summed E-state index contributed by atoms with van der Waals surface area (Å²) in [6, 6.07) is 11.8. The van der Waals surface area contributed by atoms with E-state index in [1.54, 1.807) is 0 Å². The highest BCUT2D eigenvalue weighted by Crippen LogP contribution is 2.37. The van der Waals surface area contributed by atoms with Gasteiger partial charge in [0.2, 0.25) is 0 Å². The Kier molecular flexibility index (Phi) is 5.46. The molecule has 0 atom stereocenters. The normalized spacial score (nSPS) is 10.6. The number of rotatable bonds is 3. The summed E-state index contributed by atoms with van der Waals surface area (Å²) in [7, 11) is 1.34. The standard InChI is InChI=1S/C19H17ClN2O2S2/c1-10-4-5-11(2)14(8-10)22-19(25)21-12-6-7-13-15(9-12)26-17(16(13)20)18(23)24-3/h4-9H,1-3H3,(H2,21,22,25). The van der Waals surface area contributed by atoms with Crippen LogP contribution in [0.1, 0.15) is 20.8 Å². The Hall–Kier alpha value is -2.15. The number of ether oxygens (including phenoxy) is 1. The Balaban J connectivity index is 1.81. The molecule has 3 aromatic rings. The van der Waals surface area contributed by atoms with E-state index in [0.29, 0.717) is 15.0 Å². The van der Waals surface area contributed by atoms with Gasteiger partial charge in [-0.3, -0.25) is 0 Å². The molecule has 4 nitrogen and oxygen atoms in total. The second-order valence-electron chi connectivity index (χ2n) is 5.85. The topological polar surface area (TPSA) is 50.4 Å². The van der Waals surface area contributed by atoms with Crippen molar-refractivity contribution in [2.24, 2.45) is 0 Å². The molecule has 2 aromatic carbocycles. The van der Waals surface area contributed by atoms with Crippen molar-refractivity contribution in [2.45, 2.75) is 13.8 Å². The molecule has 0 fully saturated rings. The first-order valence-electron chi connectivity index (χ1n) is 7.84. The van der Waals surface area contributed by atoms with Crippen molar-refractivity contribution < 1.29 is 9.53 Å². The molecule has 0 aliphatic carbocycles. The Morgan fingerprint density at radius 1 is 1.15 bits per heavy atom. The fourth-order valence-corrected chi connectivity index (χ4v) is 4.22. The van der Waals surface area contributed by atoms with Crippen LogP contribution in [0.3, 0.4) is 0 Å². The molecule has 3 rings (SSSR count). The second-order valence-corrected chi connectivity index (χ2v) is 7.68. The van der Waals surface area contributed by atoms with Crippen molar-refractivity contribution in [3.8, 4) is 0 Å². The highest BCUT2D eigenvalue weighted by atomic mass is 35.5. The molecule has 0 amide bonds. The minimum atomic E-state index is -0.433. The van der Waals surface area contributed by atoms with Gasteiger partial charge in [0.1, 0.15) is 4.88 Å². The summed E-state index contributed by atoms with van der Waals surface area (Å²) < 4.78 is 5.65. The Labute approximate surface area is 166 Å². The van der Waals surface area contributed by atoms with Crippen molar-refractivity contribution in [3.05, 3.63) is 57.4 Å². The van der Waals surface area contributed by atoms with E-state index in [-0.39, 0.29) is 0 Å². The van der Waals surface area contributed by atoms with Crippen LogP contribution in [0.15, 0.2) is 36.4 Å². The third-order valence-electron chi connectivity index (χ3n) is 3.90. The van der Waals surface area contributed by atoms with E-state index in [1.807, 2.05) is 44.2 Å². The van der Waals surface area contributed by atoms with E-state index >= 15 is 0 Å². The fraction of sp³-hybridized carbons (Fsp3) is 0.158. The number of hydrogen-bond donors (Lipinski definition) is 2. The Morgan fingerprint density at radius 2 is 1.92 bits per heavy atom. The Morgan fingerprint density at radius 3 is 2.65 bits per heavy atom. The van der Waals surface area contributed by atoms with Crippen LogP contribution in [0.2, 0.25) is 5.02 Å². The van der Waals surface area contributed by atoms with Gasteiger partial charge in [0.15, 0.2) is 5.11 Å². The van der Waals surface area contributed by atoms with Crippen LogP contribution < -0.4 is 10.6 Å². The highest BCUT2D eigenvalue weighted by Gasteiger charge is 2.17. The number of thiocarbonyl (C=S) groups is 1. The van der Waals surface area contributed by atoms with Crippen LogP contribution in [0.5, 0.6) is 0 Å². The van der Waals surface area contributed by atoms with Crippen LogP contribution >= 0.6 is 35.2 Å². The fourth-order valence-electron chi connectivity index (χ4n) is 2.52. The lowest BCUT2D eigenvalue weighted by Crippen LogP contribution is -2.19. The zero-order valence-electron chi connectivity index (χ0n) is 14.5. The van der Waals surface area contributed by atoms with Gasteiger partial charge in [-0.25, -0.2) is 4.79 Å². The van der Waals surface area contributed by atoms with E-state index in [2.05, 4.69) is 16.7 Å². The zero-order chi connectivity index (χ0) is 18.8. The van der Waals surface area contributed by atoms with Crippen LogP contribution in [-0.2, 0) is 4.74 Å². The van der Waals surface area contributed by atoms with Crippen LogP contribution in [0.4, 0.5) is 11.4 Å². The van der Waals surface area contributed by atoms with Crippen LogP contribution in [-0.4, -0.2) is 18.2 Å². The summed E-state index contributed by atoms with van der Waals surface area (Å²) in [4.78, 5) is 12.2. The number of halogens is 1. The van der Waals surface area contributed by atoms with E-state index in [1.165, 1.54) is 18.4 Å². The molecule has 0 aliphatic heterocycles. The van der Waals surface area contributed by atoms with Gasteiger partial charge in [-0.05, 0) is 61.5 Å². The number of hydrogen-bond acceptors (Lipinski definition) is 4. The number of anilines is 2. The van der Waals surface area contributed by atoms with Crippen molar-refractivity contribution in [3.63, 3.8) is 0 Å². The monoisotopic (exact) mass is 404 g/mol. The summed E-state index contributed by atoms with van der Waals surface area (Å²) in [5.74, 6) is -0.433. The van der Waals surface area contributed by atoms with E-state index in [0.717, 1.165) is 32.6 Å². The average molecular weight is 405 g/mol. The molecule has 1 heterocycles.